The second-order valence-corrected chi connectivity index (χ2v) is 0.316. The minimum Gasteiger partial charge on any atom is -1.00 e. The van der Waals surface area contributed by atoms with Gasteiger partial charge in [-0.25, -0.2) is 0 Å². The Hall–Kier alpha value is 0.847. The second kappa shape index (κ2) is 21.0. The first kappa shape index (κ1) is 16.9. The summed E-state index contributed by atoms with van der Waals surface area (Å²) in [5, 5.41) is 7.57. The molecule has 0 unspecified atom stereocenters. The van der Waals surface area contributed by atoms with Crippen LogP contribution in [-0.4, -0.2) is 11.7 Å². The van der Waals surface area contributed by atoms with Gasteiger partial charge in [0.1, 0.15) is 0 Å². The summed E-state index contributed by atoms with van der Waals surface area (Å²) in [4.78, 5) is 0. The standard InChI is InChI=1S/C2H6O.ClH.Li.H/c1-2-3;;;/h3H,2H2,1H3;1H;;/q;;+1;-1. The molecule has 30 valence electrons. The maximum atomic E-state index is 7.57. The molecular formula is C2H8ClLiO. The number of rotatable bonds is 0. The number of aliphatic hydroxyl groups excluding tert-OH is 1. The molecule has 0 aromatic heterocycles. The van der Waals surface area contributed by atoms with Gasteiger partial charge >= 0.3 is 18.9 Å². The molecule has 0 aromatic carbocycles. The summed E-state index contributed by atoms with van der Waals surface area (Å²) < 4.78 is 0. The van der Waals surface area contributed by atoms with Crippen LogP contribution in [0.4, 0.5) is 0 Å². The molecule has 1 nitrogen and oxygen atoms in total. The van der Waals surface area contributed by atoms with Crippen LogP contribution in [0.3, 0.4) is 0 Å². The Bertz CT molecular complexity index is 13.5. The number of hydrogen-bond donors (Lipinski definition) is 1. The second-order valence-electron chi connectivity index (χ2n) is 0.316. The van der Waals surface area contributed by atoms with Crippen LogP contribution in [0.1, 0.15) is 8.35 Å². The monoisotopic (exact) mass is 90.0 g/mol. The Balaban J connectivity index is -0.00000000667. The van der Waals surface area contributed by atoms with Gasteiger partial charge in [0.25, 0.3) is 0 Å². The maximum Gasteiger partial charge on any atom is 1.00 e. The molecule has 0 saturated heterocycles. The topological polar surface area (TPSA) is 20.2 Å². The van der Waals surface area contributed by atoms with Gasteiger partial charge in [-0.05, 0) is 6.92 Å². The van der Waals surface area contributed by atoms with E-state index in [1.54, 1.807) is 6.92 Å². The van der Waals surface area contributed by atoms with E-state index in [9.17, 15) is 0 Å². The average Bonchev–Trinajstić information content (AvgIpc) is 0.918. The van der Waals surface area contributed by atoms with Crippen LogP contribution in [0.5, 0.6) is 0 Å². The van der Waals surface area contributed by atoms with E-state index in [2.05, 4.69) is 0 Å². The summed E-state index contributed by atoms with van der Waals surface area (Å²) >= 11 is 0. The van der Waals surface area contributed by atoms with Crippen LogP contribution in [0, 0.1) is 0 Å². The van der Waals surface area contributed by atoms with Crippen LogP contribution in [0.2, 0.25) is 0 Å². The van der Waals surface area contributed by atoms with Crippen molar-refractivity contribution in [1.29, 1.82) is 0 Å². The normalized spacial score (nSPS) is 3.60. The third-order valence-corrected chi connectivity index (χ3v) is 0. The average molecular weight is 90.5 g/mol. The van der Waals surface area contributed by atoms with Crippen molar-refractivity contribution in [3.05, 3.63) is 0 Å². The van der Waals surface area contributed by atoms with E-state index < -0.39 is 0 Å². The third-order valence-electron chi connectivity index (χ3n) is 0. The Morgan fingerprint density at radius 1 is 1.80 bits per heavy atom. The van der Waals surface area contributed by atoms with Crippen molar-refractivity contribution in [3.63, 3.8) is 0 Å². The first-order valence-corrected chi connectivity index (χ1v) is 1.02. The van der Waals surface area contributed by atoms with Gasteiger partial charge in [0.2, 0.25) is 0 Å². The zero-order chi connectivity index (χ0) is 2.71. The minimum absolute atomic E-state index is 0. The van der Waals surface area contributed by atoms with E-state index in [4.69, 9.17) is 5.11 Å². The van der Waals surface area contributed by atoms with E-state index in [0.717, 1.165) is 0 Å². The van der Waals surface area contributed by atoms with E-state index in [1.165, 1.54) is 0 Å². The van der Waals surface area contributed by atoms with Gasteiger partial charge in [0.15, 0.2) is 0 Å². The van der Waals surface area contributed by atoms with Gasteiger partial charge in [0.05, 0.1) is 0 Å². The summed E-state index contributed by atoms with van der Waals surface area (Å²) in [5.74, 6) is 0. The molecule has 0 amide bonds. The number of halogens is 1. The molecule has 1 N–H and O–H groups in total. The molecule has 0 aromatic rings. The minimum atomic E-state index is 0. The Labute approximate surface area is 51.8 Å². The molecule has 5 heavy (non-hydrogen) atoms. The fourth-order valence-corrected chi connectivity index (χ4v) is 0. The largest absolute Gasteiger partial charge is 1.00 e. The van der Waals surface area contributed by atoms with Crippen molar-refractivity contribution in [2.75, 3.05) is 6.61 Å². The SMILES string of the molecule is CCO.Cl.[H-].[Li+]. The quantitative estimate of drug-likeness (QED) is 0.327. The van der Waals surface area contributed by atoms with E-state index in [-0.39, 0.29) is 39.3 Å². The van der Waals surface area contributed by atoms with Crippen molar-refractivity contribution in [2.45, 2.75) is 6.92 Å². The first-order chi connectivity index (χ1) is 1.41. The zero-order valence-corrected chi connectivity index (χ0v) is 4.38. The van der Waals surface area contributed by atoms with Gasteiger partial charge in [-0.1, -0.05) is 0 Å². The molecule has 0 heterocycles. The summed E-state index contributed by atoms with van der Waals surface area (Å²) in [6, 6.07) is 0. The Morgan fingerprint density at radius 2 is 1.80 bits per heavy atom. The maximum absolute atomic E-state index is 7.57. The van der Waals surface area contributed by atoms with Gasteiger partial charge < -0.3 is 6.53 Å². The third kappa shape index (κ3) is 54.7. The van der Waals surface area contributed by atoms with Crippen LogP contribution in [-0.2, 0) is 0 Å². The molecule has 0 rings (SSSR count). The summed E-state index contributed by atoms with van der Waals surface area (Å²) in [5.41, 5.74) is 0. The van der Waals surface area contributed by atoms with Crippen molar-refractivity contribution >= 4 is 12.4 Å². The van der Waals surface area contributed by atoms with Crippen molar-refractivity contribution in [2.24, 2.45) is 0 Å². The summed E-state index contributed by atoms with van der Waals surface area (Å²) in [7, 11) is 0. The Kier molecular flexibility index (Phi) is 71.3. The Morgan fingerprint density at radius 3 is 1.80 bits per heavy atom. The molecule has 0 atom stereocenters. The molecule has 0 bridgehead atoms. The van der Waals surface area contributed by atoms with Gasteiger partial charge in [-0.15, -0.1) is 12.4 Å². The molecule has 3 heteroatoms. The van der Waals surface area contributed by atoms with Crippen LogP contribution < -0.4 is 18.9 Å². The summed E-state index contributed by atoms with van der Waals surface area (Å²) in [6.07, 6.45) is 0. The van der Waals surface area contributed by atoms with Gasteiger partial charge in [0, 0.05) is 6.61 Å². The summed E-state index contributed by atoms with van der Waals surface area (Å²) in [6.45, 7) is 1.93. The smallest absolute Gasteiger partial charge is 1.00 e. The molecule has 0 saturated carbocycles. The van der Waals surface area contributed by atoms with E-state index in [1.807, 2.05) is 0 Å². The fourth-order valence-electron chi connectivity index (χ4n) is 0. The molecule has 0 aliphatic carbocycles. The number of aliphatic hydroxyl groups is 1. The predicted octanol–water partition coefficient (Wildman–Crippen LogP) is -2.46. The fraction of sp³-hybridized carbons (Fsp3) is 1.00. The van der Waals surface area contributed by atoms with Gasteiger partial charge in [-0.3, -0.25) is 0 Å². The van der Waals surface area contributed by atoms with Crippen molar-refractivity contribution in [1.82, 2.24) is 0 Å². The van der Waals surface area contributed by atoms with E-state index >= 15 is 0 Å². The van der Waals surface area contributed by atoms with Crippen LogP contribution >= 0.6 is 12.4 Å². The molecule has 0 fully saturated rings. The molecule has 0 aliphatic heterocycles. The molecule has 0 spiro atoms. The molecular weight excluding hydrogens is 82.4 g/mol. The van der Waals surface area contributed by atoms with Gasteiger partial charge in [-0.2, -0.15) is 0 Å². The number of hydrogen-bond acceptors (Lipinski definition) is 1. The van der Waals surface area contributed by atoms with Crippen LogP contribution in [0.15, 0.2) is 0 Å². The molecule has 0 radical (unpaired) electrons. The predicted molar refractivity (Wildman–Crippen MR) is 21.1 cm³/mol. The van der Waals surface area contributed by atoms with Crippen molar-refractivity contribution < 1.29 is 25.4 Å². The zero-order valence-electron chi connectivity index (χ0n) is 4.56. The van der Waals surface area contributed by atoms with E-state index in [0.29, 0.717) is 0 Å². The van der Waals surface area contributed by atoms with Crippen LogP contribution in [0.25, 0.3) is 0 Å². The first-order valence-electron chi connectivity index (χ1n) is 1.02. The van der Waals surface area contributed by atoms with Crippen molar-refractivity contribution in [3.8, 4) is 0 Å². The molecule has 0 aliphatic rings.